The summed E-state index contributed by atoms with van der Waals surface area (Å²) < 4.78 is 21.6. The summed E-state index contributed by atoms with van der Waals surface area (Å²) in [5, 5.41) is 9.51. The molecule has 6 heteroatoms. The van der Waals surface area contributed by atoms with Crippen LogP contribution in [-0.2, 0) is 16.1 Å². The Balaban J connectivity index is 2.80. The summed E-state index contributed by atoms with van der Waals surface area (Å²) in [5.41, 5.74) is 0.658. The van der Waals surface area contributed by atoms with E-state index in [1.54, 1.807) is 12.1 Å². The van der Waals surface area contributed by atoms with Gasteiger partial charge in [-0.25, -0.2) is 0 Å². The Morgan fingerprint density at radius 3 is 2.35 bits per heavy atom. The molecule has 0 saturated heterocycles. The lowest BCUT2D eigenvalue weighted by atomic mass is 10.2. The Kier molecular flexibility index (Phi) is 7.69. The number of halogens is 1. The van der Waals surface area contributed by atoms with Crippen molar-refractivity contribution in [3.63, 3.8) is 0 Å². The SMILES string of the molecule is CCOC(COc1c(Cl)cc(CO)cc1OC)OCC. The van der Waals surface area contributed by atoms with Crippen molar-refractivity contribution < 1.29 is 24.1 Å². The van der Waals surface area contributed by atoms with E-state index in [-0.39, 0.29) is 13.2 Å². The molecular formula is C14H21ClO5. The fourth-order valence-electron chi connectivity index (χ4n) is 1.67. The highest BCUT2D eigenvalue weighted by Crippen LogP contribution is 2.36. The Bertz CT molecular complexity index is 405. The monoisotopic (exact) mass is 304 g/mol. The van der Waals surface area contributed by atoms with Crippen molar-refractivity contribution in [1.29, 1.82) is 0 Å². The molecule has 0 aliphatic carbocycles. The number of hydrogen-bond donors (Lipinski definition) is 1. The third kappa shape index (κ3) is 4.83. The number of hydrogen-bond acceptors (Lipinski definition) is 5. The first-order chi connectivity index (χ1) is 9.65. The molecule has 0 aliphatic heterocycles. The van der Waals surface area contributed by atoms with Gasteiger partial charge in [-0.05, 0) is 31.5 Å². The number of ether oxygens (including phenoxy) is 4. The van der Waals surface area contributed by atoms with Gasteiger partial charge < -0.3 is 24.1 Å². The summed E-state index contributed by atoms with van der Waals surface area (Å²) in [6, 6.07) is 3.31. The smallest absolute Gasteiger partial charge is 0.191 e. The van der Waals surface area contributed by atoms with E-state index in [4.69, 9.17) is 35.7 Å². The highest BCUT2D eigenvalue weighted by molar-refractivity contribution is 6.32. The van der Waals surface area contributed by atoms with Gasteiger partial charge in [-0.3, -0.25) is 0 Å². The largest absolute Gasteiger partial charge is 0.493 e. The van der Waals surface area contributed by atoms with Gasteiger partial charge in [-0.1, -0.05) is 11.6 Å². The maximum Gasteiger partial charge on any atom is 0.191 e. The molecule has 0 heterocycles. The molecule has 114 valence electrons. The Hall–Kier alpha value is -1.01. The van der Waals surface area contributed by atoms with Crippen LogP contribution in [0, 0.1) is 0 Å². The van der Waals surface area contributed by atoms with Gasteiger partial charge in [0.05, 0.1) is 18.7 Å². The summed E-state index contributed by atoms with van der Waals surface area (Å²) in [5.74, 6) is 0.879. The topological polar surface area (TPSA) is 57.2 Å². The van der Waals surface area contributed by atoms with Gasteiger partial charge in [0.2, 0.25) is 0 Å². The first-order valence-electron chi connectivity index (χ1n) is 6.49. The summed E-state index contributed by atoms with van der Waals surface area (Å²) in [7, 11) is 1.52. The molecule has 0 unspecified atom stereocenters. The minimum Gasteiger partial charge on any atom is -0.493 e. The first kappa shape index (κ1) is 17.0. The zero-order chi connectivity index (χ0) is 15.0. The number of aliphatic hydroxyl groups is 1. The van der Waals surface area contributed by atoms with E-state index in [0.717, 1.165) is 0 Å². The van der Waals surface area contributed by atoms with Crippen molar-refractivity contribution in [2.75, 3.05) is 26.9 Å². The Morgan fingerprint density at radius 1 is 1.20 bits per heavy atom. The molecule has 0 bridgehead atoms. The molecule has 0 aromatic heterocycles. The summed E-state index contributed by atoms with van der Waals surface area (Å²) >= 11 is 6.13. The molecule has 1 rings (SSSR count). The average Bonchev–Trinajstić information content (AvgIpc) is 2.45. The number of rotatable bonds is 9. The van der Waals surface area contributed by atoms with Crippen molar-refractivity contribution in [2.45, 2.75) is 26.7 Å². The summed E-state index contributed by atoms with van der Waals surface area (Å²) in [6.07, 6.45) is -0.455. The van der Waals surface area contributed by atoms with E-state index in [1.165, 1.54) is 7.11 Å². The maximum atomic E-state index is 9.14. The second kappa shape index (κ2) is 9.02. The molecule has 0 radical (unpaired) electrons. The third-order valence-corrected chi connectivity index (χ3v) is 2.82. The second-order valence-corrected chi connectivity index (χ2v) is 4.33. The molecule has 1 N–H and O–H groups in total. The average molecular weight is 305 g/mol. The molecular weight excluding hydrogens is 284 g/mol. The molecule has 0 atom stereocenters. The van der Waals surface area contributed by atoms with Crippen LogP contribution in [0.3, 0.4) is 0 Å². The minimum absolute atomic E-state index is 0.114. The van der Waals surface area contributed by atoms with E-state index in [0.29, 0.717) is 35.3 Å². The lowest BCUT2D eigenvalue weighted by molar-refractivity contribution is -0.152. The van der Waals surface area contributed by atoms with Crippen LogP contribution in [0.15, 0.2) is 12.1 Å². The molecule has 5 nitrogen and oxygen atoms in total. The van der Waals surface area contributed by atoms with E-state index in [1.807, 2.05) is 13.8 Å². The van der Waals surface area contributed by atoms with Crippen LogP contribution in [0.4, 0.5) is 0 Å². The third-order valence-electron chi connectivity index (χ3n) is 2.54. The Labute approximate surface area is 124 Å². The molecule has 0 spiro atoms. The lowest BCUT2D eigenvalue weighted by Crippen LogP contribution is -2.25. The van der Waals surface area contributed by atoms with Gasteiger partial charge in [0.15, 0.2) is 17.8 Å². The number of methoxy groups -OCH3 is 1. The van der Waals surface area contributed by atoms with Crippen LogP contribution >= 0.6 is 11.6 Å². The number of aliphatic hydroxyl groups excluding tert-OH is 1. The van der Waals surface area contributed by atoms with E-state index >= 15 is 0 Å². The van der Waals surface area contributed by atoms with Gasteiger partial charge >= 0.3 is 0 Å². The Morgan fingerprint density at radius 2 is 1.85 bits per heavy atom. The summed E-state index contributed by atoms with van der Waals surface area (Å²) in [4.78, 5) is 0. The van der Waals surface area contributed by atoms with Crippen molar-refractivity contribution in [3.05, 3.63) is 22.7 Å². The zero-order valence-corrected chi connectivity index (χ0v) is 12.8. The number of benzene rings is 1. The van der Waals surface area contributed by atoms with E-state index < -0.39 is 6.29 Å². The van der Waals surface area contributed by atoms with Crippen molar-refractivity contribution in [3.8, 4) is 11.5 Å². The predicted octanol–water partition coefficient (Wildman–Crippen LogP) is 2.62. The van der Waals surface area contributed by atoms with Gasteiger partial charge in [0.1, 0.15) is 6.61 Å². The molecule has 1 aromatic carbocycles. The predicted molar refractivity (Wildman–Crippen MR) is 76.5 cm³/mol. The standard InChI is InChI=1S/C14H21ClO5/c1-4-18-13(19-5-2)9-20-14-11(15)6-10(8-16)7-12(14)17-3/h6-7,13,16H,4-5,8-9H2,1-3H3. The molecule has 20 heavy (non-hydrogen) atoms. The van der Waals surface area contributed by atoms with Gasteiger partial charge in [-0.2, -0.15) is 0 Å². The van der Waals surface area contributed by atoms with Gasteiger partial charge in [0, 0.05) is 13.2 Å². The highest BCUT2D eigenvalue weighted by Gasteiger charge is 2.15. The summed E-state index contributed by atoms with van der Waals surface area (Å²) in [6.45, 7) is 4.92. The molecule has 0 aliphatic rings. The van der Waals surface area contributed by atoms with Crippen LogP contribution in [0.2, 0.25) is 5.02 Å². The van der Waals surface area contributed by atoms with Crippen LogP contribution in [0.5, 0.6) is 11.5 Å². The van der Waals surface area contributed by atoms with Gasteiger partial charge in [-0.15, -0.1) is 0 Å². The van der Waals surface area contributed by atoms with E-state index in [2.05, 4.69) is 0 Å². The van der Waals surface area contributed by atoms with Crippen LogP contribution in [0.1, 0.15) is 19.4 Å². The molecule has 0 fully saturated rings. The normalized spacial score (nSPS) is 10.9. The molecule has 0 amide bonds. The van der Waals surface area contributed by atoms with Gasteiger partial charge in [0.25, 0.3) is 0 Å². The molecule has 0 saturated carbocycles. The fourth-order valence-corrected chi connectivity index (χ4v) is 1.96. The van der Waals surface area contributed by atoms with Crippen molar-refractivity contribution >= 4 is 11.6 Å². The molecule has 1 aromatic rings. The van der Waals surface area contributed by atoms with Crippen LogP contribution in [0.25, 0.3) is 0 Å². The maximum absolute atomic E-state index is 9.14. The second-order valence-electron chi connectivity index (χ2n) is 3.92. The van der Waals surface area contributed by atoms with Crippen LogP contribution in [-0.4, -0.2) is 38.3 Å². The highest BCUT2D eigenvalue weighted by atomic mass is 35.5. The van der Waals surface area contributed by atoms with Crippen molar-refractivity contribution in [1.82, 2.24) is 0 Å². The van der Waals surface area contributed by atoms with Crippen LogP contribution < -0.4 is 9.47 Å². The minimum atomic E-state index is -0.455. The van der Waals surface area contributed by atoms with Crippen molar-refractivity contribution in [2.24, 2.45) is 0 Å². The zero-order valence-electron chi connectivity index (χ0n) is 12.0. The quantitative estimate of drug-likeness (QED) is 0.711. The van der Waals surface area contributed by atoms with E-state index in [9.17, 15) is 0 Å². The lowest BCUT2D eigenvalue weighted by Gasteiger charge is -2.19. The fraction of sp³-hybridized carbons (Fsp3) is 0.571. The first-order valence-corrected chi connectivity index (χ1v) is 6.87.